The van der Waals surface area contributed by atoms with E-state index in [1.54, 1.807) is 0 Å². The topological polar surface area (TPSA) is 61.8 Å². The highest BCUT2D eigenvalue weighted by Gasteiger charge is 2.17. The summed E-state index contributed by atoms with van der Waals surface area (Å²) < 4.78 is 17.2. The molecular formula is C57H90O5. The van der Waals surface area contributed by atoms with Gasteiger partial charge in [0.15, 0.2) is 6.10 Å². The maximum absolute atomic E-state index is 12.7. The Bertz CT molecular complexity index is 1330. The van der Waals surface area contributed by atoms with Gasteiger partial charge in [-0.1, -0.05) is 199 Å². The maximum atomic E-state index is 12.7. The minimum Gasteiger partial charge on any atom is -0.462 e. The second-order valence-electron chi connectivity index (χ2n) is 15.6. The molecule has 0 heterocycles. The molecule has 1 atom stereocenters. The van der Waals surface area contributed by atoms with Crippen LogP contribution in [0.25, 0.3) is 0 Å². The lowest BCUT2D eigenvalue weighted by molar-refractivity contribution is -0.162. The van der Waals surface area contributed by atoms with E-state index >= 15 is 0 Å². The Morgan fingerprint density at radius 1 is 0.387 bits per heavy atom. The monoisotopic (exact) mass is 855 g/mol. The van der Waals surface area contributed by atoms with Gasteiger partial charge in [-0.2, -0.15) is 0 Å². The van der Waals surface area contributed by atoms with E-state index in [0.29, 0.717) is 13.0 Å². The molecule has 0 aromatic rings. The molecule has 0 radical (unpaired) electrons. The van der Waals surface area contributed by atoms with E-state index in [0.717, 1.165) is 116 Å². The number of hydrogen-bond acceptors (Lipinski definition) is 5. The minimum absolute atomic E-state index is 0.0194. The van der Waals surface area contributed by atoms with Crippen LogP contribution in [0.3, 0.4) is 0 Å². The van der Waals surface area contributed by atoms with E-state index in [4.69, 9.17) is 14.2 Å². The van der Waals surface area contributed by atoms with Crippen molar-refractivity contribution in [3.63, 3.8) is 0 Å². The van der Waals surface area contributed by atoms with E-state index in [9.17, 15) is 9.59 Å². The zero-order valence-electron chi connectivity index (χ0n) is 39.8. The minimum atomic E-state index is -0.615. The average molecular weight is 855 g/mol. The van der Waals surface area contributed by atoms with Crippen LogP contribution in [0, 0.1) is 0 Å². The standard InChI is InChI=1S/C57H90O5/c1-4-7-10-13-16-19-22-25-28-29-31-32-35-38-41-44-47-50-56(58)61-54-55(53-60-52-49-46-43-40-37-34-27-24-21-18-15-12-9-6-3)62-57(59)51-48-45-42-39-36-33-30-26-23-20-17-14-11-8-5-2/h7-8,10-12,15-17,19-21,24-26,28,30-32,36,39,45,48,55H,4-6,9,13-14,18,22-23,27,29,33-35,37-38,40-44,46-47,49-54H2,1-3H3/b10-7-,11-8-,15-12-,19-16-,20-17-,24-21-,28-25-,30-26-,32-31-,39-36-,48-45-. The summed E-state index contributed by atoms with van der Waals surface area (Å²) in [5, 5.41) is 0. The summed E-state index contributed by atoms with van der Waals surface area (Å²) in [7, 11) is 0. The van der Waals surface area contributed by atoms with E-state index in [2.05, 4.69) is 142 Å². The van der Waals surface area contributed by atoms with E-state index in [1.165, 1.54) is 38.5 Å². The van der Waals surface area contributed by atoms with Crippen LogP contribution >= 0.6 is 0 Å². The number of esters is 2. The molecule has 0 aromatic heterocycles. The van der Waals surface area contributed by atoms with Gasteiger partial charge < -0.3 is 14.2 Å². The molecule has 0 rings (SSSR count). The van der Waals surface area contributed by atoms with Crippen molar-refractivity contribution < 1.29 is 23.8 Å². The number of ether oxygens (including phenoxy) is 3. The van der Waals surface area contributed by atoms with Crippen LogP contribution in [0.15, 0.2) is 134 Å². The second kappa shape index (κ2) is 51.4. The predicted octanol–water partition coefficient (Wildman–Crippen LogP) is 16.8. The molecule has 0 saturated carbocycles. The summed E-state index contributed by atoms with van der Waals surface area (Å²) in [5.74, 6) is -0.589. The van der Waals surface area contributed by atoms with Gasteiger partial charge in [0.05, 0.1) is 13.0 Å². The first-order valence-electron chi connectivity index (χ1n) is 24.7. The highest BCUT2D eigenvalue weighted by atomic mass is 16.6. The van der Waals surface area contributed by atoms with E-state index in [1.807, 2.05) is 12.2 Å². The number of carbonyl (C=O) groups is 2. The van der Waals surface area contributed by atoms with Crippen molar-refractivity contribution in [3.05, 3.63) is 134 Å². The van der Waals surface area contributed by atoms with Crippen LogP contribution in [0.1, 0.15) is 188 Å². The summed E-state index contributed by atoms with van der Waals surface area (Å²) in [6.07, 6.45) is 73.4. The number of hydrogen-bond donors (Lipinski definition) is 0. The van der Waals surface area contributed by atoms with E-state index < -0.39 is 6.10 Å². The van der Waals surface area contributed by atoms with Crippen LogP contribution in [0.5, 0.6) is 0 Å². The second-order valence-corrected chi connectivity index (χ2v) is 15.6. The normalized spacial score (nSPS) is 13.4. The van der Waals surface area contributed by atoms with E-state index in [-0.39, 0.29) is 31.6 Å². The molecular weight excluding hydrogens is 765 g/mol. The zero-order valence-corrected chi connectivity index (χ0v) is 39.8. The number of allylic oxidation sites excluding steroid dienone is 21. The first-order chi connectivity index (χ1) is 30.6. The summed E-state index contributed by atoms with van der Waals surface area (Å²) in [6, 6.07) is 0. The quantitative estimate of drug-likeness (QED) is 0.0347. The first-order valence-corrected chi connectivity index (χ1v) is 24.7. The van der Waals surface area contributed by atoms with Gasteiger partial charge in [-0.15, -0.1) is 0 Å². The molecule has 0 saturated heterocycles. The van der Waals surface area contributed by atoms with Gasteiger partial charge in [-0.05, 0) is 109 Å². The third kappa shape index (κ3) is 48.7. The molecule has 0 spiro atoms. The lowest BCUT2D eigenvalue weighted by Gasteiger charge is -2.18. The molecule has 0 aliphatic carbocycles. The maximum Gasteiger partial charge on any atom is 0.310 e. The lowest BCUT2D eigenvalue weighted by atomic mass is 10.1. The van der Waals surface area contributed by atoms with Crippen LogP contribution in [0.2, 0.25) is 0 Å². The van der Waals surface area contributed by atoms with Gasteiger partial charge in [-0.25, -0.2) is 0 Å². The smallest absolute Gasteiger partial charge is 0.310 e. The summed E-state index contributed by atoms with van der Waals surface area (Å²) >= 11 is 0. The van der Waals surface area contributed by atoms with Gasteiger partial charge in [0.2, 0.25) is 0 Å². The SMILES string of the molecule is CC/C=C\C/C=C\C/C=C\C/C=C\C/C=C\CC(=O)OC(COCCCCCCCC/C=C\C/C=C\CCC)COC(=O)CCCCCC/C=C\C/C=C\C/C=C\C/C=C\CC. The van der Waals surface area contributed by atoms with Crippen molar-refractivity contribution in [2.24, 2.45) is 0 Å². The van der Waals surface area contributed by atoms with Crippen LogP contribution in [-0.4, -0.2) is 37.9 Å². The molecule has 348 valence electrons. The molecule has 0 aliphatic heterocycles. The average Bonchev–Trinajstić information content (AvgIpc) is 3.27. The van der Waals surface area contributed by atoms with Gasteiger partial charge in [0.25, 0.3) is 0 Å². The Morgan fingerprint density at radius 2 is 0.774 bits per heavy atom. The fourth-order valence-electron chi connectivity index (χ4n) is 6.08. The van der Waals surface area contributed by atoms with Crippen LogP contribution in [0.4, 0.5) is 0 Å². The number of rotatable bonds is 43. The first kappa shape index (κ1) is 58.0. The molecule has 0 aromatic carbocycles. The Balaban J connectivity index is 4.49. The fraction of sp³-hybridized carbons (Fsp3) is 0.579. The fourth-order valence-corrected chi connectivity index (χ4v) is 6.08. The third-order valence-corrected chi connectivity index (χ3v) is 9.67. The Hall–Kier alpha value is -3.96. The van der Waals surface area contributed by atoms with Gasteiger partial charge in [0.1, 0.15) is 6.61 Å². The van der Waals surface area contributed by atoms with Crippen molar-refractivity contribution in [2.45, 2.75) is 194 Å². The molecule has 5 heteroatoms. The largest absolute Gasteiger partial charge is 0.462 e. The molecule has 0 amide bonds. The molecule has 0 fully saturated rings. The molecule has 62 heavy (non-hydrogen) atoms. The highest BCUT2D eigenvalue weighted by Crippen LogP contribution is 2.11. The van der Waals surface area contributed by atoms with Crippen LogP contribution in [-0.2, 0) is 23.8 Å². The molecule has 1 unspecified atom stereocenters. The Labute approximate surface area is 381 Å². The Kier molecular flexibility index (Phi) is 48.1. The number of unbranched alkanes of at least 4 members (excludes halogenated alkanes) is 11. The molecule has 0 bridgehead atoms. The van der Waals surface area contributed by atoms with Crippen molar-refractivity contribution in [1.82, 2.24) is 0 Å². The zero-order chi connectivity index (χ0) is 44.9. The summed E-state index contributed by atoms with van der Waals surface area (Å²) in [6.45, 7) is 7.35. The van der Waals surface area contributed by atoms with Crippen LogP contribution < -0.4 is 0 Å². The Morgan fingerprint density at radius 3 is 1.24 bits per heavy atom. The van der Waals surface area contributed by atoms with Crippen molar-refractivity contribution in [2.75, 3.05) is 19.8 Å². The van der Waals surface area contributed by atoms with Crippen molar-refractivity contribution in [1.29, 1.82) is 0 Å². The molecule has 0 N–H and O–H groups in total. The van der Waals surface area contributed by atoms with Crippen molar-refractivity contribution >= 4 is 11.9 Å². The van der Waals surface area contributed by atoms with Gasteiger partial charge >= 0.3 is 11.9 Å². The van der Waals surface area contributed by atoms with Gasteiger partial charge in [0, 0.05) is 13.0 Å². The highest BCUT2D eigenvalue weighted by molar-refractivity contribution is 5.71. The summed E-state index contributed by atoms with van der Waals surface area (Å²) in [5.41, 5.74) is 0. The third-order valence-electron chi connectivity index (χ3n) is 9.67. The summed E-state index contributed by atoms with van der Waals surface area (Å²) in [4.78, 5) is 25.3. The molecule has 0 aliphatic rings. The lowest BCUT2D eigenvalue weighted by Crippen LogP contribution is -2.29. The van der Waals surface area contributed by atoms with Gasteiger partial charge in [-0.3, -0.25) is 9.59 Å². The number of carbonyl (C=O) groups excluding carboxylic acids is 2. The van der Waals surface area contributed by atoms with Crippen molar-refractivity contribution in [3.8, 4) is 0 Å². The molecule has 5 nitrogen and oxygen atoms in total. The predicted molar refractivity (Wildman–Crippen MR) is 269 cm³/mol.